The Morgan fingerprint density at radius 3 is 2.17 bits per heavy atom. The zero-order valence-electron chi connectivity index (χ0n) is 19.3. The van der Waals surface area contributed by atoms with Crippen LogP contribution in [0.3, 0.4) is 0 Å². The quantitative estimate of drug-likeness (QED) is 0.261. The Hall–Kier alpha value is -4.96. The summed E-state index contributed by atoms with van der Waals surface area (Å²) in [4.78, 5) is 11.0. The normalized spacial score (nSPS) is 12.4. The van der Waals surface area contributed by atoms with Crippen molar-refractivity contribution in [2.75, 3.05) is 4.90 Å². The molecule has 1 aliphatic rings. The summed E-state index contributed by atoms with van der Waals surface area (Å²) in [5, 5.41) is 4.97. The maximum absolute atomic E-state index is 4.36. The fourth-order valence-corrected chi connectivity index (χ4v) is 5.81. The highest BCUT2D eigenvalue weighted by Crippen LogP contribution is 2.52. The van der Waals surface area contributed by atoms with Gasteiger partial charge in [0.1, 0.15) is 6.33 Å². The van der Waals surface area contributed by atoms with Crippen LogP contribution in [0.5, 0.6) is 0 Å². The van der Waals surface area contributed by atoms with Gasteiger partial charge < -0.3 is 9.47 Å². The molecule has 36 heavy (non-hydrogen) atoms. The molecule has 0 N–H and O–H groups in total. The van der Waals surface area contributed by atoms with E-state index in [-0.39, 0.29) is 0 Å². The smallest absolute Gasteiger partial charge is 0.115 e. The summed E-state index contributed by atoms with van der Waals surface area (Å²) in [6, 6.07) is 37.1. The lowest BCUT2D eigenvalue weighted by atomic mass is 9.90. The summed E-state index contributed by atoms with van der Waals surface area (Å²) < 4.78 is 2.37. The molecule has 3 heterocycles. The van der Waals surface area contributed by atoms with E-state index in [0.29, 0.717) is 0 Å². The van der Waals surface area contributed by atoms with E-state index in [1.807, 2.05) is 12.4 Å². The minimum atomic E-state index is 0.947. The molecule has 5 aromatic carbocycles. The van der Waals surface area contributed by atoms with Crippen LogP contribution in [0.4, 0.5) is 17.1 Å². The number of hydrogen-bond donors (Lipinski definition) is 0. The molecule has 0 spiro atoms. The number of nitrogens with zero attached hydrogens (tertiary/aromatic N) is 4. The molecule has 2 aromatic heterocycles. The minimum absolute atomic E-state index is 0.947. The summed E-state index contributed by atoms with van der Waals surface area (Å²) in [6.07, 6.45) is 5.36. The second-order valence-electron chi connectivity index (χ2n) is 9.19. The lowest BCUT2D eigenvalue weighted by Gasteiger charge is -2.33. The van der Waals surface area contributed by atoms with Gasteiger partial charge in [-0.1, -0.05) is 66.7 Å². The molecule has 4 nitrogen and oxygen atoms in total. The summed E-state index contributed by atoms with van der Waals surface area (Å²) in [7, 11) is 0. The van der Waals surface area contributed by atoms with Crippen LogP contribution in [-0.2, 0) is 0 Å². The van der Waals surface area contributed by atoms with E-state index < -0.39 is 0 Å². The number of para-hydroxylation sites is 2. The highest BCUT2D eigenvalue weighted by Gasteiger charge is 2.28. The second kappa shape index (κ2) is 7.27. The van der Waals surface area contributed by atoms with Crippen LogP contribution in [0.2, 0.25) is 0 Å². The Morgan fingerprint density at radius 2 is 1.31 bits per heavy atom. The van der Waals surface area contributed by atoms with Gasteiger partial charge in [-0.05, 0) is 47.3 Å². The molecule has 0 bridgehead atoms. The molecule has 0 saturated heterocycles. The molecule has 0 amide bonds. The molecule has 0 aliphatic carbocycles. The van der Waals surface area contributed by atoms with Gasteiger partial charge in [0.05, 0.1) is 40.5 Å². The molecule has 168 valence electrons. The van der Waals surface area contributed by atoms with Gasteiger partial charge in [-0.25, -0.2) is 9.97 Å². The largest absolute Gasteiger partial charge is 0.309 e. The van der Waals surface area contributed by atoms with Gasteiger partial charge >= 0.3 is 0 Å². The molecule has 7 aromatic rings. The van der Waals surface area contributed by atoms with Crippen LogP contribution in [0.15, 0.2) is 122 Å². The lowest BCUT2D eigenvalue weighted by molar-refractivity contribution is 1.13. The summed E-state index contributed by atoms with van der Waals surface area (Å²) in [6.45, 7) is 0. The molecule has 1 aliphatic heterocycles. The first-order chi connectivity index (χ1) is 17.9. The summed E-state index contributed by atoms with van der Waals surface area (Å²) >= 11 is 0. The fraction of sp³-hybridized carbons (Fsp3) is 0. The topological polar surface area (TPSA) is 34.0 Å². The van der Waals surface area contributed by atoms with E-state index in [4.69, 9.17) is 0 Å². The third-order valence-corrected chi connectivity index (χ3v) is 7.26. The van der Waals surface area contributed by atoms with Crippen LogP contribution < -0.4 is 4.90 Å². The van der Waals surface area contributed by atoms with Gasteiger partial charge in [-0.2, -0.15) is 0 Å². The van der Waals surface area contributed by atoms with Gasteiger partial charge in [-0.15, -0.1) is 0 Å². The Labute approximate surface area is 207 Å². The maximum Gasteiger partial charge on any atom is 0.115 e. The molecule has 0 atom stereocenters. The summed E-state index contributed by atoms with van der Waals surface area (Å²) in [5.74, 6) is 0. The Balaban J connectivity index is 1.56. The second-order valence-corrected chi connectivity index (χ2v) is 9.19. The van der Waals surface area contributed by atoms with Crippen molar-refractivity contribution in [1.82, 2.24) is 14.5 Å². The number of aromatic nitrogens is 3. The van der Waals surface area contributed by atoms with E-state index >= 15 is 0 Å². The Morgan fingerprint density at radius 1 is 0.528 bits per heavy atom. The van der Waals surface area contributed by atoms with Crippen molar-refractivity contribution in [3.05, 3.63) is 122 Å². The number of benzene rings is 5. The molecule has 0 fully saturated rings. The van der Waals surface area contributed by atoms with E-state index in [0.717, 1.165) is 22.7 Å². The van der Waals surface area contributed by atoms with Gasteiger partial charge in [0.2, 0.25) is 0 Å². The molecule has 8 rings (SSSR count). The third kappa shape index (κ3) is 2.58. The van der Waals surface area contributed by atoms with Crippen LogP contribution >= 0.6 is 0 Å². The molecular formula is C32H20N4. The van der Waals surface area contributed by atoms with Gasteiger partial charge in [0.15, 0.2) is 0 Å². The van der Waals surface area contributed by atoms with E-state index in [2.05, 4.69) is 123 Å². The Kier molecular flexibility index (Phi) is 3.91. The lowest BCUT2D eigenvalue weighted by Crippen LogP contribution is -2.15. The predicted octanol–water partition coefficient (Wildman–Crippen LogP) is 8.18. The zero-order chi connectivity index (χ0) is 23.6. The first kappa shape index (κ1) is 19.4. The van der Waals surface area contributed by atoms with Crippen molar-refractivity contribution in [3.63, 3.8) is 0 Å². The SMILES string of the molecule is c1ccc(-n2c3ccccc3c3cc4c(cc32)N(c2cncnc2)c2cccc3cccc-4c23)cc1. The van der Waals surface area contributed by atoms with Crippen molar-refractivity contribution in [2.24, 2.45) is 0 Å². The van der Waals surface area contributed by atoms with Crippen molar-refractivity contribution in [3.8, 4) is 16.8 Å². The number of fused-ring (bicyclic) bond motifs is 5. The highest BCUT2D eigenvalue weighted by molar-refractivity contribution is 6.18. The monoisotopic (exact) mass is 460 g/mol. The van der Waals surface area contributed by atoms with E-state index in [1.54, 1.807) is 6.33 Å². The van der Waals surface area contributed by atoms with Gasteiger partial charge in [0.25, 0.3) is 0 Å². The molecular weight excluding hydrogens is 440 g/mol. The van der Waals surface area contributed by atoms with Crippen molar-refractivity contribution < 1.29 is 0 Å². The number of anilines is 3. The standard InChI is InChI=1S/C32H20N4/c1-2-10-22(11-3-1)35-28-14-5-4-12-24(28)26-16-27-25-13-6-8-21-9-7-15-29(32(21)25)36(31(27)17-30(26)35)23-18-33-20-34-19-23/h1-20H. The highest BCUT2D eigenvalue weighted by atomic mass is 15.2. The van der Waals surface area contributed by atoms with Crippen LogP contribution in [0.25, 0.3) is 49.4 Å². The Bertz CT molecular complexity index is 1930. The number of hydrogen-bond acceptors (Lipinski definition) is 3. The fourth-order valence-electron chi connectivity index (χ4n) is 5.81. The maximum atomic E-state index is 4.36. The minimum Gasteiger partial charge on any atom is -0.309 e. The molecule has 4 heteroatoms. The van der Waals surface area contributed by atoms with Crippen LogP contribution in [0, 0.1) is 0 Å². The van der Waals surface area contributed by atoms with Crippen molar-refractivity contribution in [2.45, 2.75) is 0 Å². The van der Waals surface area contributed by atoms with Crippen LogP contribution in [-0.4, -0.2) is 14.5 Å². The van der Waals surface area contributed by atoms with E-state index in [9.17, 15) is 0 Å². The molecule has 0 unspecified atom stereocenters. The van der Waals surface area contributed by atoms with Gasteiger partial charge in [-0.3, -0.25) is 0 Å². The van der Waals surface area contributed by atoms with Crippen molar-refractivity contribution >= 4 is 49.6 Å². The first-order valence-corrected chi connectivity index (χ1v) is 12.1. The summed E-state index contributed by atoms with van der Waals surface area (Å²) in [5.41, 5.74) is 9.21. The average molecular weight is 461 g/mol. The zero-order valence-corrected chi connectivity index (χ0v) is 19.3. The van der Waals surface area contributed by atoms with Crippen molar-refractivity contribution in [1.29, 1.82) is 0 Å². The van der Waals surface area contributed by atoms with Crippen LogP contribution in [0.1, 0.15) is 0 Å². The van der Waals surface area contributed by atoms with Gasteiger partial charge in [0, 0.05) is 27.4 Å². The molecule has 0 radical (unpaired) electrons. The third-order valence-electron chi connectivity index (χ3n) is 7.26. The predicted molar refractivity (Wildman–Crippen MR) is 148 cm³/mol. The number of rotatable bonds is 2. The van der Waals surface area contributed by atoms with E-state index in [1.165, 1.54) is 43.7 Å². The first-order valence-electron chi connectivity index (χ1n) is 12.1. The molecule has 0 saturated carbocycles. The average Bonchev–Trinajstić information content (AvgIpc) is 3.27.